The zero-order valence-corrected chi connectivity index (χ0v) is 14.6. The molecule has 1 aliphatic heterocycles. The van der Waals surface area contributed by atoms with Crippen LogP contribution >= 0.6 is 23.2 Å². The second-order valence-electron chi connectivity index (χ2n) is 5.21. The molecule has 1 heterocycles. The van der Waals surface area contributed by atoms with Gasteiger partial charge in [0.15, 0.2) is 0 Å². The van der Waals surface area contributed by atoms with Crippen LogP contribution in [0.3, 0.4) is 0 Å². The van der Waals surface area contributed by atoms with Gasteiger partial charge in [0.2, 0.25) is 10.0 Å². The molecule has 1 saturated heterocycles. The van der Waals surface area contributed by atoms with E-state index in [-0.39, 0.29) is 5.75 Å². The summed E-state index contributed by atoms with van der Waals surface area (Å²) in [5, 5.41) is 0.781. The van der Waals surface area contributed by atoms with Gasteiger partial charge in [0.05, 0.1) is 29.0 Å². The SMILES string of the molecule is O=S(=O)(Cc1ccc(Cl)c(Cl)c1)NCCCN1CCOCC1. The van der Waals surface area contributed by atoms with Crippen LogP contribution in [0.5, 0.6) is 0 Å². The van der Waals surface area contributed by atoms with E-state index in [2.05, 4.69) is 9.62 Å². The third kappa shape index (κ3) is 6.02. The van der Waals surface area contributed by atoms with Gasteiger partial charge < -0.3 is 4.74 Å². The van der Waals surface area contributed by atoms with Crippen molar-refractivity contribution in [3.8, 4) is 0 Å². The Balaban J connectivity index is 1.74. The Labute approximate surface area is 141 Å². The maximum Gasteiger partial charge on any atom is 0.215 e. The molecule has 0 unspecified atom stereocenters. The molecule has 0 atom stereocenters. The Kier molecular flexibility index (Phi) is 6.92. The van der Waals surface area contributed by atoms with Crippen LogP contribution in [0, 0.1) is 0 Å². The van der Waals surface area contributed by atoms with E-state index in [4.69, 9.17) is 27.9 Å². The number of ether oxygens (including phenoxy) is 1. The molecule has 5 nitrogen and oxygen atoms in total. The molecule has 0 aromatic heterocycles. The van der Waals surface area contributed by atoms with Crippen LogP contribution in [0.2, 0.25) is 10.0 Å². The van der Waals surface area contributed by atoms with Crippen molar-refractivity contribution in [2.24, 2.45) is 0 Å². The number of rotatable bonds is 7. The summed E-state index contributed by atoms with van der Waals surface area (Å²) in [6, 6.07) is 4.85. The highest BCUT2D eigenvalue weighted by atomic mass is 35.5. The summed E-state index contributed by atoms with van der Waals surface area (Å²) < 4.78 is 31.9. The van der Waals surface area contributed by atoms with Crippen LogP contribution in [0.25, 0.3) is 0 Å². The van der Waals surface area contributed by atoms with Crippen LogP contribution in [-0.2, 0) is 20.5 Å². The summed E-state index contributed by atoms with van der Waals surface area (Å²) in [5.74, 6) is -0.0958. The summed E-state index contributed by atoms with van der Waals surface area (Å²) in [7, 11) is -3.36. The van der Waals surface area contributed by atoms with Crippen LogP contribution < -0.4 is 4.72 Å². The van der Waals surface area contributed by atoms with E-state index in [0.717, 1.165) is 39.3 Å². The molecule has 8 heteroatoms. The van der Waals surface area contributed by atoms with Gasteiger partial charge in [-0.3, -0.25) is 4.90 Å². The van der Waals surface area contributed by atoms with E-state index >= 15 is 0 Å². The average Bonchev–Trinajstić information content (AvgIpc) is 2.48. The zero-order valence-electron chi connectivity index (χ0n) is 12.2. The lowest BCUT2D eigenvalue weighted by Gasteiger charge is -2.26. The maximum absolute atomic E-state index is 12.0. The van der Waals surface area contributed by atoms with Crippen molar-refractivity contribution in [2.75, 3.05) is 39.4 Å². The number of hydrogen-bond donors (Lipinski definition) is 1. The molecule has 124 valence electrons. The second kappa shape index (κ2) is 8.47. The Morgan fingerprint density at radius 2 is 1.91 bits per heavy atom. The number of nitrogens with one attached hydrogen (secondary N) is 1. The normalized spacial score (nSPS) is 16.8. The fourth-order valence-corrected chi connectivity index (χ4v) is 3.75. The summed E-state index contributed by atoms with van der Waals surface area (Å²) in [5.41, 5.74) is 0.620. The molecule has 1 aromatic rings. The minimum Gasteiger partial charge on any atom is -0.379 e. The number of hydrogen-bond acceptors (Lipinski definition) is 4. The maximum atomic E-state index is 12.0. The number of halogens is 2. The predicted molar refractivity (Wildman–Crippen MR) is 89.0 cm³/mol. The molecule has 1 N–H and O–H groups in total. The minimum atomic E-state index is -3.36. The first-order chi connectivity index (χ1) is 10.5. The molecule has 2 rings (SSSR count). The summed E-state index contributed by atoms with van der Waals surface area (Å²) >= 11 is 11.7. The van der Waals surface area contributed by atoms with Gasteiger partial charge in [-0.1, -0.05) is 29.3 Å². The lowest BCUT2D eigenvalue weighted by atomic mass is 10.2. The van der Waals surface area contributed by atoms with E-state index in [1.807, 2.05) is 0 Å². The van der Waals surface area contributed by atoms with E-state index in [1.54, 1.807) is 18.2 Å². The van der Waals surface area contributed by atoms with Gasteiger partial charge >= 0.3 is 0 Å². The molecule has 0 radical (unpaired) electrons. The summed E-state index contributed by atoms with van der Waals surface area (Å²) in [4.78, 5) is 2.27. The Bertz CT molecular complexity index is 590. The van der Waals surface area contributed by atoms with Crippen molar-refractivity contribution in [1.82, 2.24) is 9.62 Å². The first-order valence-corrected chi connectivity index (χ1v) is 9.58. The van der Waals surface area contributed by atoms with E-state index in [0.29, 0.717) is 22.2 Å². The highest BCUT2D eigenvalue weighted by Crippen LogP contribution is 2.23. The number of sulfonamides is 1. The molecule has 0 saturated carbocycles. The highest BCUT2D eigenvalue weighted by Gasteiger charge is 2.13. The smallest absolute Gasteiger partial charge is 0.215 e. The quantitative estimate of drug-likeness (QED) is 0.751. The van der Waals surface area contributed by atoms with E-state index < -0.39 is 10.0 Å². The van der Waals surface area contributed by atoms with Crippen molar-refractivity contribution >= 4 is 33.2 Å². The van der Waals surface area contributed by atoms with Gasteiger partial charge in [-0.25, -0.2) is 13.1 Å². The van der Waals surface area contributed by atoms with Gasteiger partial charge in [-0.05, 0) is 30.7 Å². The second-order valence-corrected chi connectivity index (χ2v) is 7.83. The molecule has 1 aliphatic rings. The largest absolute Gasteiger partial charge is 0.379 e. The van der Waals surface area contributed by atoms with Crippen LogP contribution in [-0.4, -0.2) is 52.7 Å². The lowest BCUT2D eigenvalue weighted by molar-refractivity contribution is 0.0376. The zero-order chi connectivity index (χ0) is 16.0. The van der Waals surface area contributed by atoms with Gasteiger partial charge in [0.25, 0.3) is 0 Å². The third-order valence-corrected chi connectivity index (χ3v) is 5.51. The molecule has 1 aromatic carbocycles. The van der Waals surface area contributed by atoms with Crippen molar-refractivity contribution in [2.45, 2.75) is 12.2 Å². The van der Waals surface area contributed by atoms with Crippen molar-refractivity contribution in [3.63, 3.8) is 0 Å². The Hall–Kier alpha value is -0.370. The molecular weight excluding hydrogens is 347 g/mol. The minimum absolute atomic E-state index is 0.0958. The first kappa shape index (κ1) is 18.0. The molecule has 0 spiro atoms. The van der Waals surface area contributed by atoms with Crippen LogP contribution in [0.15, 0.2) is 18.2 Å². The molecular formula is C14H20Cl2N2O3S. The fraction of sp³-hybridized carbons (Fsp3) is 0.571. The van der Waals surface area contributed by atoms with E-state index in [1.165, 1.54) is 0 Å². The van der Waals surface area contributed by atoms with Crippen molar-refractivity contribution in [3.05, 3.63) is 33.8 Å². The van der Waals surface area contributed by atoms with Crippen molar-refractivity contribution in [1.29, 1.82) is 0 Å². The fourth-order valence-electron chi connectivity index (χ4n) is 2.25. The average molecular weight is 367 g/mol. The number of morpholine rings is 1. The molecule has 1 fully saturated rings. The monoisotopic (exact) mass is 366 g/mol. The van der Waals surface area contributed by atoms with Gasteiger partial charge in [-0.15, -0.1) is 0 Å². The Morgan fingerprint density at radius 3 is 2.59 bits per heavy atom. The Morgan fingerprint density at radius 1 is 1.18 bits per heavy atom. The predicted octanol–water partition coefficient (Wildman–Crippen LogP) is 2.14. The topological polar surface area (TPSA) is 58.6 Å². The molecule has 0 amide bonds. The standard InChI is InChI=1S/C14H20Cl2N2O3S/c15-13-3-2-12(10-14(13)16)11-22(19,20)17-4-1-5-18-6-8-21-9-7-18/h2-3,10,17H,1,4-9,11H2. The third-order valence-electron chi connectivity index (χ3n) is 3.42. The molecule has 22 heavy (non-hydrogen) atoms. The summed E-state index contributed by atoms with van der Waals surface area (Å²) in [6.45, 7) is 4.64. The van der Waals surface area contributed by atoms with Crippen LogP contribution in [0.1, 0.15) is 12.0 Å². The van der Waals surface area contributed by atoms with Crippen molar-refractivity contribution < 1.29 is 13.2 Å². The summed E-state index contributed by atoms with van der Waals surface area (Å²) in [6.07, 6.45) is 0.778. The van der Waals surface area contributed by atoms with Gasteiger partial charge in [0.1, 0.15) is 0 Å². The lowest BCUT2D eigenvalue weighted by Crippen LogP contribution is -2.38. The first-order valence-electron chi connectivity index (χ1n) is 7.18. The van der Waals surface area contributed by atoms with Gasteiger partial charge in [-0.2, -0.15) is 0 Å². The van der Waals surface area contributed by atoms with Crippen LogP contribution in [0.4, 0.5) is 0 Å². The van der Waals surface area contributed by atoms with E-state index in [9.17, 15) is 8.42 Å². The highest BCUT2D eigenvalue weighted by molar-refractivity contribution is 7.88. The number of nitrogens with zero attached hydrogens (tertiary/aromatic N) is 1. The molecule has 0 aliphatic carbocycles. The van der Waals surface area contributed by atoms with Gasteiger partial charge in [0, 0.05) is 19.6 Å². The number of benzene rings is 1. The molecule has 0 bridgehead atoms.